The molecule has 2 rings (SSSR count). The van der Waals surface area contributed by atoms with E-state index < -0.39 is 0 Å². The number of aromatic amines is 1. The molecule has 0 unspecified atom stereocenters. The second-order valence-electron chi connectivity index (χ2n) is 4.39. The Bertz CT molecular complexity index is 590. The van der Waals surface area contributed by atoms with E-state index in [4.69, 9.17) is 5.73 Å². The van der Waals surface area contributed by atoms with E-state index in [2.05, 4.69) is 16.0 Å². The maximum Gasteiger partial charge on any atom is 0.251 e. The highest BCUT2D eigenvalue weighted by atomic mass is 16.1. The smallest absolute Gasteiger partial charge is 0.251 e. The first-order chi connectivity index (χ1) is 8.67. The first-order valence-corrected chi connectivity index (χ1v) is 6.02. The Morgan fingerprint density at radius 1 is 1.33 bits per heavy atom. The molecule has 3 N–H and O–H groups in total. The van der Waals surface area contributed by atoms with Gasteiger partial charge < -0.3 is 10.7 Å². The Balaban J connectivity index is 2.26. The quantitative estimate of drug-likeness (QED) is 0.846. The van der Waals surface area contributed by atoms with E-state index in [0.717, 1.165) is 11.3 Å². The molecular weight excluding hydrogens is 226 g/mol. The minimum atomic E-state index is -0.115. The molecule has 0 aliphatic heterocycles. The second kappa shape index (κ2) is 5.60. The number of H-pyrrole nitrogens is 1. The van der Waals surface area contributed by atoms with Gasteiger partial charge in [-0.05, 0) is 19.0 Å². The lowest BCUT2D eigenvalue weighted by Gasteiger charge is -2.04. The van der Waals surface area contributed by atoms with Crippen LogP contribution in [0.25, 0.3) is 0 Å². The van der Waals surface area contributed by atoms with Crippen molar-refractivity contribution in [2.45, 2.75) is 19.8 Å². The molecule has 0 amide bonds. The van der Waals surface area contributed by atoms with Gasteiger partial charge >= 0.3 is 0 Å². The lowest BCUT2D eigenvalue weighted by Crippen LogP contribution is -2.15. The van der Waals surface area contributed by atoms with E-state index in [1.165, 1.54) is 11.6 Å². The summed E-state index contributed by atoms with van der Waals surface area (Å²) in [7, 11) is 0. The van der Waals surface area contributed by atoms with Crippen LogP contribution in [0, 0.1) is 6.92 Å². The minimum Gasteiger partial charge on any atom is -0.330 e. The monoisotopic (exact) mass is 243 g/mol. The fourth-order valence-electron chi connectivity index (χ4n) is 1.94. The number of aryl methyl sites for hydroxylation is 1. The standard InChI is InChI=1S/C14H17N3O/c1-10-3-2-4-11(7-10)8-13-16-12(5-6-15)9-14(18)17-13/h2-4,7,9H,5-6,8,15H2,1H3,(H,16,17,18). The molecule has 0 spiro atoms. The maximum atomic E-state index is 11.5. The van der Waals surface area contributed by atoms with Crippen LogP contribution in [0.3, 0.4) is 0 Å². The highest BCUT2D eigenvalue weighted by Crippen LogP contribution is 2.07. The second-order valence-corrected chi connectivity index (χ2v) is 4.39. The van der Waals surface area contributed by atoms with Gasteiger partial charge in [-0.2, -0.15) is 0 Å². The molecule has 1 heterocycles. The fraction of sp³-hybridized carbons (Fsp3) is 0.286. The Hall–Kier alpha value is -1.94. The molecule has 0 radical (unpaired) electrons. The summed E-state index contributed by atoms with van der Waals surface area (Å²) in [4.78, 5) is 18.7. The van der Waals surface area contributed by atoms with Crippen molar-refractivity contribution in [2.75, 3.05) is 6.54 Å². The largest absolute Gasteiger partial charge is 0.330 e. The van der Waals surface area contributed by atoms with Gasteiger partial charge in [-0.25, -0.2) is 4.98 Å². The lowest BCUT2D eigenvalue weighted by atomic mass is 10.1. The van der Waals surface area contributed by atoms with E-state index >= 15 is 0 Å². The molecule has 0 saturated heterocycles. The molecule has 18 heavy (non-hydrogen) atoms. The Kier molecular flexibility index (Phi) is 3.89. The molecule has 1 aromatic carbocycles. The van der Waals surface area contributed by atoms with E-state index in [1.807, 2.05) is 25.1 Å². The summed E-state index contributed by atoms with van der Waals surface area (Å²) in [5.74, 6) is 0.691. The van der Waals surface area contributed by atoms with Crippen molar-refractivity contribution >= 4 is 0 Å². The van der Waals surface area contributed by atoms with Crippen LogP contribution in [0.1, 0.15) is 22.6 Å². The topological polar surface area (TPSA) is 71.8 Å². The van der Waals surface area contributed by atoms with Crippen LogP contribution in [0.4, 0.5) is 0 Å². The van der Waals surface area contributed by atoms with Gasteiger partial charge in [0.15, 0.2) is 0 Å². The Morgan fingerprint density at radius 2 is 2.17 bits per heavy atom. The zero-order valence-electron chi connectivity index (χ0n) is 10.4. The van der Waals surface area contributed by atoms with Crippen LogP contribution in [0.15, 0.2) is 35.1 Å². The van der Waals surface area contributed by atoms with E-state index in [-0.39, 0.29) is 5.56 Å². The number of rotatable bonds is 4. The van der Waals surface area contributed by atoms with Crippen molar-refractivity contribution in [1.82, 2.24) is 9.97 Å². The highest BCUT2D eigenvalue weighted by molar-refractivity contribution is 5.25. The van der Waals surface area contributed by atoms with Gasteiger partial charge in [-0.3, -0.25) is 4.79 Å². The summed E-state index contributed by atoms with van der Waals surface area (Å²) in [6.45, 7) is 2.55. The van der Waals surface area contributed by atoms with Gasteiger partial charge in [-0.15, -0.1) is 0 Å². The molecular formula is C14H17N3O. The van der Waals surface area contributed by atoms with E-state index in [1.54, 1.807) is 0 Å². The van der Waals surface area contributed by atoms with Crippen LogP contribution in [-0.4, -0.2) is 16.5 Å². The average Bonchev–Trinajstić information content (AvgIpc) is 2.28. The molecule has 0 aliphatic carbocycles. The third-order valence-electron chi connectivity index (χ3n) is 2.70. The van der Waals surface area contributed by atoms with Gasteiger partial charge in [0, 0.05) is 24.6 Å². The predicted molar refractivity (Wildman–Crippen MR) is 71.6 cm³/mol. The lowest BCUT2D eigenvalue weighted by molar-refractivity contribution is 0.854. The number of nitrogens with two attached hydrogens (primary N) is 1. The van der Waals surface area contributed by atoms with Gasteiger partial charge in [0.2, 0.25) is 0 Å². The molecule has 0 aliphatic rings. The van der Waals surface area contributed by atoms with Crippen LogP contribution < -0.4 is 11.3 Å². The van der Waals surface area contributed by atoms with Gasteiger partial charge in [-0.1, -0.05) is 29.8 Å². The highest BCUT2D eigenvalue weighted by Gasteiger charge is 2.02. The van der Waals surface area contributed by atoms with Gasteiger partial charge in [0.1, 0.15) is 5.82 Å². The molecule has 0 atom stereocenters. The zero-order chi connectivity index (χ0) is 13.0. The molecule has 0 bridgehead atoms. The van der Waals surface area contributed by atoms with Crippen LogP contribution in [0.2, 0.25) is 0 Å². The SMILES string of the molecule is Cc1cccc(Cc2nc(CCN)cc(=O)[nH]2)c1. The van der Waals surface area contributed by atoms with Crippen LogP contribution in [-0.2, 0) is 12.8 Å². The molecule has 1 aromatic heterocycles. The fourth-order valence-corrected chi connectivity index (χ4v) is 1.94. The number of hydrogen-bond donors (Lipinski definition) is 2. The van der Waals surface area contributed by atoms with Crippen molar-refractivity contribution in [2.24, 2.45) is 5.73 Å². The van der Waals surface area contributed by atoms with Crippen molar-refractivity contribution in [3.05, 3.63) is 63.3 Å². The maximum absolute atomic E-state index is 11.5. The van der Waals surface area contributed by atoms with Crippen molar-refractivity contribution in [3.8, 4) is 0 Å². The van der Waals surface area contributed by atoms with Crippen molar-refractivity contribution in [1.29, 1.82) is 0 Å². The summed E-state index contributed by atoms with van der Waals surface area (Å²) >= 11 is 0. The van der Waals surface area contributed by atoms with E-state index in [0.29, 0.717) is 25.2 Å². The summed E-state index contributed by atoms with van der Waals surface area (Å²) in [5, 5.41) is 0. The predicted octanol–water partition coefficient (Wildman–Crippen LogP) is 1.17. The number of hydrogen-bond acceptors (Lipinski definition) is 3. The molecule has 0 fully saturated rings. The Morgan fingerprint density at radius 3 is 2.89 bits per heavy atom. The molecule has 4 heteroatoms. The summed E-state index contributed by atoms with van der Waals surface area (Å²) in [5.41, 5.74) is 8.46. The third-order valence-corrected chi connectivity index (χ3v) is 2.70. The number of aromatic nitrogens is 2. The van der Waals surface area contributed by atoms with Gasteiger partial charge in [0.25, 0.3) is 5.56 Å². The van der Waals surface area contributed by atoms with Crippen LogP contribution >= 0.6 is 0 Å². The van der Waals surface area contributed by atoms with Gasteiger partial charge in [0.05, 0.1) is 0 Å². The van der Waals surface area contributed by atoms with E-state index in [9.17, 15) is 4.79 Å². The molecule has 0 saturated carbocycles. The zero-order valence-corrected chi connectivity index (χ0v) is 10.4. The van der Waals surface area contributed by atoms with Crippen molar-refractivity contribution < 1.29 is 0 Å². The van der Waals surface area contributed by atoms with Crippen molar-refractivity contribution in [3.63, 3.8) is 0 Å². The average molecular weight is 243 g/mol. The minimum absolute atomic E-state index is 0.115. The molecule has 4 nitrogen and oxygen atoms in total. The first kappa shape index (κ1) is 12.5. The Labute approximate surface area is 106 Å². The first-order valence-electron chi connectivity index (χ1n) is 6.02. The number of nitrogens with one attached hydrogen (secondary N) is 1. The third kappa shape index (κ3) is 3.28. The summed E-state index contributed by atoms with van der Waals surface area (Å²) < 4.78 is 0. The summed E-state index contributed by atoms with van der Waals surface area (Å²) in [6, 6.07) is 9.68. The normalized spacial score (nSPS) is 10.6. The summed E-state index contributed by atoms with van der Waals surface area (Å²) in [6.07, 6.45) is 1.26. The van der Waals surface area contributed by atoms with Crippen LogP contribution in [0.5, 0.6) is 0 Å². The molecule has 94 valence electrons. The molecule has 2 aromatic rings. The number of nitrogens with zero attached hydrogens (tertiary/aromatic N) is 1. The number of benzene rings is 1.